The fourth-order valence-corrected chi connectivity index (χ4v) is 4.78. The van der Waals surface area contributed by atoms with Crippen LogP contribution >= 0.6 is 23.2 Å². The average Bonchev–Trinajstić information content (AvgIpc) is 3.38. The Balaban J connectivity index is 0.000000276. The maximum Gasteiger partial charge on any atom is 0.355 e. The third kappa shape index (κ3) is 9.88. The van der Waals surface area contributed by atoms with Gasteiger partial charge in [0.25, 0.3) is 0 Å². The zero-order valence-corrected chi connectivity index (χ0v) is 29.3. The minimum Gasteiger partial charge on any atom is -0.481 e. The lowest BCUT2D eigenvalue weighted by atomic mass is 10.0. The van der Waals surface area contributed by atoms with E-state index < -0.39 is 35.4 Å². The molecule has 0 fully saturated rings. The van der Waals surface area contributed by atoms with E-state index in [4.69, 9.17) is 47.0 Å². The predicted octanol–water partition coefficient (Wildman–Crippen LogP) is 5.60. The number of aryl methyl sites for hydroxylation is 1. The lowest BCUT2D eigenvalue weighted by Crippen LogP contribution is -2.25. The molecule has 15 nitrogen and oxygen atoms in total. The summed E-state index contributed by atoms with van der Waals surface area (Å²) in [6.45, 7) is 1.43. The highest BCUT2D eigenvalue weighted by molar-refractivity contribution is 6.32. The highest BCUT2D eigenvalue weighted by Gasteiger charge is 2.24. The summed E-state index contributed by atoms with van der Waals surface area (Å²) >= 11 is 11.9. The van der Waals surface area contributed by atoms with E-state index in [1.807, 2.05) is 0 Å². The van der Waals surface area contributed by atoms with Gasteiger partial charge in [0.2, 0.25) is 11.8 Å². The summed E-state index contributed by atoms with van der Waals surface area (Å²) in [6.07, 6.45) is -0.115. The van der Waals surface area contributed by atoms with E-state index in [9.17, 15) is 32.7 Å². The molecule has 0 saturated heterocycles. The summed E-state index contributed by atoms with van der Waals surface area (Å²) in [7, 11) is 4.24. The first-order valence-corrected chi connectivity index (χ1v) is 15.3. The molecule has 1 atom stereocenters. The Hall–Kier alpha value is -5.36. The zero-order valence-electron chi connectivity index (χ0n) is 27.8. The molecule has 51 heavy (non-hydrogen) atoms. The van der Waals surface area contributed by atoms with E-state index in [1.165, 1.54) is 40.4 Å². The highest BCUT2D eigenvalue weighted by atomic mass is 35.5. The molecule has 20 heteroatoms. The number of aromatic nitrogens is 5. The molecule has 1 N–H and O–H groups in total. The molecule has 0 spiro atoms. The third-order valence-corrected chi connectivity index (χ3v) is 7.28. The van der Waals surface area contributed by atoms with Crippen molar-refractivity contribution in [2.75, 3.05) is 27.9 Å². The van der Waals surface area contributed by atoms with Crippen LogP contribution in [0.15, 0.2) is 46.3 Å². The fraction of sp³-hybridized carbons (Fsp3) is 0.323. The van der Waals surface area contributed by atoms with E-state index in [2.05, 4.69) is 20.2 Å². The molecule has 0 amide bonds. The van der Waals surface area contributed by atoms with Gasteiger partial charge in [0, 0.05) is 17.0 Å². The van der Waals surface area contributed by atoms with Crippen LogP contribution in [0.2, 0.25) is 5.02 Å². The maximum absolute atomic E-state index is 14.2. The van der Waals surface area contributed by atoms with Crippen molar-refractivity contribution in [2.45, 2.75) is 39.1 Å². The van der Waals surface area contributed by atoms with Crippen LogP contribution in [0.5, 0.6) is 23.5 Å². The van der Waals surface area contributed by atoms with Gasteiger partial charge < -0.3 is 28.9 Å². The molecule has 0 bridgehead atoms. The largest absolute Gasteiger partial charge is 0.481 e. The van der Waals surface area contributed by atoms with Crippen molar-refractivity contribution in [1.82, 2.24) is 24.3 Å². The molecular weight excluding hydrogens is 728 g/mol. The van der Waals surface area contributed by atoms with Gasteiger partial charge in [0.15, 0.2) is 5.82 Å². The molecule has 0 aliphatic heterocycles. The molecule has 0 radical (unpaired) electrons. The van der Waals surface area contributed by atoms with Crippen molar-refractivity contribution in [3.63, 3.8) is 0 Å². The first-order chi connectivity index (χ1) is 24.2. The van der Waals surface area contributed by atoms with Crippen LogP contribution in [-0.4, -0.2) is 80.4 Å². The molecule has 1 unspecified atom stereocenters. The number of methoxy groups -OCH3 is 2. The van der Waals surface area contributed by atoms with Crippen LogP contribution in [0.1, 0.15) is 47.7 Å². The number of carbonyl (C=O) groups excluding carboxylic acids is 1. The Morgan fingerprint density at radius 2 is 1.73 bits per heavy atom. The molecule has 2 aromatic carbocycles. The number of carboxylic acids is 1. The summed E-state index contributed by atoms with van der Waals surface area (Å²) in [5.74, 6) is -2.63. The van der Waals surface area contributed by atoms with Gasteiger partial charge in [-0.1, -0.05) is 28.9 Å². The number of carbonyl (C=O) groups is 2. The average molecular weight is 760 g/mol. The monoisotopic (exact) mass is 758 g/mol. The van der Waals surface area contributed by atoms with Gasteiger partial charge >= 0.3 is 30.2 Å². The molecule has 274 valence electrons. The summed E-state index contributed by atoms with van der Waals surface area (Å²) in [5.41, 5.74) is -0.725. The maximum atomic E-state index is 14.2. The number of oxime groups is 1. The second-order valence-electron chi connectivity index (χ2n) is 9.89. The fourth-order valence-electron chi connectivity index (χ4n) is 4.33. The summed E-state index contributed by atoms with van der Waals surface area (Å²) < 4.78 is 61.1. The normalized spacial score (nSPS) is 11.7. The minimum absolute atomic E-state index is 0.0424. The number of alkyl halides is 3. The highest BCUT2D eigenvalue weighted by Crippen LogP contribution is 2.29. The standard InChI is InChI=1S/C16H17N3O6.C15H14Cl2F3N3O3/c1-9(19-24-4)10-6-5-7-11(14(10)15(20)21)25-16-17-12(22-2)8-13(18-16)23-3;1-3-26-13(24)10(17)4-8-5-12(11(18)6-9(8)16)23-15(25)22(14(19)20)7(2)21-23/h5-8H,1-4H3,(H,20,21);5-6,10,14H,3-4H2,1-2H3. The Labute approximate surface area is 298 Å². The Kier molecular flexibility index (Phi) is 14.2. The topological polar surface area (TPSA) is 178 Å². The molecule has 0 saturated carbocycles. The molecule has 0 aliphatic rings. The van der Waals surface area contributed by atoms with Crippen LogP contribution in [0.4, 0.5) is 13.2 Å². The van der Waals surface area contributed by atoms with Gasteiger partial charge in [-0.15, -0.1) is 16.7 Å². The lowest BCUT2D eigenvalue weighted by Gasteiger charge is -2.12. The van der Waals surface area contributed by atoms with Crippen molar-refractivity contribution in [3.8, 4) is 29.2 Å². The Morgan fingerprint density at radius 1 is 1.08 bits per heavy atom. The predicted molar refractivity (Wildman–Crippen MR) is 177 cm³/mol. The number of aromatic carboxylic acids is 1. The van der Waals surface area contributed by atoms with Crippen molar-refractivity contribution in [3.05, 3.63) is 80.2 Å². The van der Waals surface area contributed by atoms with Gasteiger partial charge in [0.05, 0.1) is 32.6 Å². The number of rotatable bonds is 13. The van der Waals surface area contributed by atoms with Gasteiger partial charge in [-0.2, -0.15) is 23.4 Å². The Bertz CT molecular complexity index is 1950. The van der Waals surface area contributed by atoms with Crippen LogP contribution < -0.4 is 19.9 Å². The van der Waals surface area contributed by atoms with Crippen LogP contribution in [0.25, 0.3) is 5.69 Å². The summed E-state index contributed by atoms with van der Waals surface area (Å²) in [4.78, 5) is 48.2. The first-order valence-electron chi connectivity index (χ1n) is 14.5. The van der Waals surface area contributed by atoms with E-state index in [1.54, 1.807) is 26.0 Å². The summed E-state index contributed by atoms with van der Waals surface area (Å²) in [5, 5.41) is 15.9. The van der Waals surface area contributed by atoms with Gasteiger partial charge in [0.1, 0.15) is 35.3 Å². The molecule has 4 aromatic rings. The Morgan fingerprint density at radius 3 is 2.25 bits per heavy atom. The molecule has 0 aliphatic carbocycles. The SMILES string of the molecule is CCOC(=O)C(Cl)Cc1cc(-n2nc(C)n(C(F)F)c2=O)c(F)cc1Cl.CON=C(C)c1cccc(Oc2nc(OC)cc(OC)n2)c1C(=O)O. The van der Waals surface area contributed by atoms with Crippen molar-refractivity contribution < 1.29 is 51.7 Å². The molecule has 2 heterocycles. The number of esters is 1. The number of ether oxygens (including phenoxy) is 4. The number of halogens is 5. The van der Waals surface area contributed by atoms with E-state index in [-0.39, 0.29) is 68.8 Å². The van der Waals surface area contributed by atoms with Crippen molar-refractivity contribution >= 4 is 40.9 Å². The third-order valence-electron chi connectivity index (χ3n) is 6.60. The van der Waals surface area contributed by atoms with Crippen LogP contribution in [0, 0.1) is 12.7 Å². The first kappa shape index (κ1) is 40.1. The second-order valence-corrected chi connectivity index (χ2v) is 10.8. The summed E-state index contributed by atoms with van der Waals surface area (Å²) in [6, 6.07) is 8.10. The van der Waals surface area contributed by atoms with Crippen LogP contribution in [0.3, 0.4) is 0 Å². The number of nitrogens with zero attached hydrogens (tertiary/aromatic N) is 6. The molecule has 4 rings (SSSR count). The van der Waals surface area contributed by atoms with Crippen molar-refractivity contribution in [2.24, 2.45) is 5.16 Å². The lowest BCUT2D eigenvalue weighted by molar-refractivity contribution is -0.142. The van der Waals surface area contributed by atoms with Gasteiger partial charge in [-0.25, -0.2) is 18.5 Å². The van der Waals surface area contributed by atoms with Gasteiger partial charge in [-0.3, -0.25) is 4.79 Å². The van der Waals surface area contributed by atoms with E-state index >= 15 is 0 Å². The molecular formula is C31H31Cl2F3N6O9. The quantitative estimate of drug-likeness (QED) is 0.0774. The van der Waals surface area contributed by atoms with Crippen molar-refractivity contribution in [1.29, 1.82) is 0 Å². The van der Waals surface area contributed by atoms with Gasteiger partial charge in [-0.05, 0) is 44.5 Å². The number of carboxylic acid groups (broad SMARTS) is 1. The number of hydrogen-bond acceptors (Lipinski definition) is 12. The number of hydrogen-bond donors (Lipinski definition) is 1. The number of benzene rings is 2. The zero-order chi connectivity index (χ0) is 38.0. The second kappa shape index (κ2) is 18.0. The van der Waals surface area contributed by atoms with Crippen LogP contribution in [-0.2, 0) is 20.8 Å². The minimum atomic E-state index is -3.12. The van der Waals surface area contributed by atoms with E-state index in [0.717, 1.165) is 12.1 Å². The molecule has 2 aromatic heterocycles. The van der Waals surface area contributed by atoms with E-state index in [0.29, 0.717) is 16.0 Å². The smallest absolute Gasteiger partial charge is 0.355 e.